The molecule has 0 aliphatic rings. The van der Waals surface area contributed by atoms with Gasteiger partial charge in [0.05, 0.1) is 0 Å². The summed E-state index contributed by atoms with van der Waals surface area (Å²) >= 11 is 0. The van der Waals surface area contributed by atoms with Gasteiger partial charge in [-0.25, -0.2) is 0 Å². The van der Waals surface area contributed by atoms with E-state index in [9.17, 15) is 4.79 Å². The predicted octanol–water partition coefficient (Wildman–Crippen LogP) is 1.03. The van der Waals surface area contributed by atoms with Crippen LogP contribution in [0.4, 0.5) is 0 Å². The standard InChI is InChI=1S/C11H14N2O/c12-8-10-5-2-1-4-9(10)6-3-7-11(13)14/h1-6H,7-8,12H2,(H2,13,14). The molecule has 0 saturated carbocycles. The lowest BCUT2D eigenvalue weighted by Crippen LogP contribution is -2.08. The third kappa shape index (κ3) is 3.03. The van der Waals surface area contributed by atoms with Gasteiger partial charge in [0.1, 0.15) is 0 Å². The van der Waals surface area contributed by atoms with Gasteiger partial charge in [0, 0.05) is 13.0 Å². The Morgan fingerprint density at radius 1 is 1.36 bits per heavy atom. The number of nitrogens with two attached hydrogens (primary N) is 2. The van der Waals surface area contributed by atoms with Crippen molar-refractivity contribution in [1.82, 2.24) is 0 Å². The second-order valence-electron chi connectivity index (χ2n) is 2.98. The van der Waals surface area contributed by atoms with E-state index in [0.717, 1.165) is 11.1 Å². The molecular weight excluding hydrogens is 176 g/mol. The molecule has 1 aromatic rings. The number of carbonyl (C=O) groups excluding carboxylic acids is 1. The van der Waals surface area contributed by atoms with Crippen molar-refractivity contribution in [2.75, 3.05) is 0 Å². The van der Waals surface area contributed by atoms with Crippen LogP contribution in [0.25, 0.3) is 6.08 Å². The third-order valence-corrected chi connectivity index (χ3v) is 1.89. The first-order chi connectivity index (χ1) is 6.74. The average Bonchev–Trinajstić information content (AvgIpc) is 2.18. The fourth-order valence-corrected chi connectivity index (χ4v) is 1.18. The molecule has 4 N–H and O–H groups in total. The van der Waals surface area contributed by atoms with Crippen LogP contribution in [0.2, 0.25) is 0 Å². The van der Waals surface area contributed by atoms with E-state index in [2.05, 4.69) is 0 Å². The van der Waals surface area contributed by atoms with Gasteiger partial charge in [0.15, 0.2) is 0 Å². The van der Waals surface area contributed by atoms with Crippen molar-refractivity contribution < 1.29 is 4.79 Å². The number of hydrogen-bond acceptors (Lipinski definition) is 2. The molecule has 0 saturated heterocycles. The molecule has 0 unspecified atom stereocenters. The maximum Gasteiger partial charge on any atom is 0.221 e. The smallest absolute Gasteiger partial charge is 0.221 e. The van der Waals surface area contributed by atoms with Gasteiger partial charge in [-0.1, -0.05) is 36.4 Å². The van der Waals surface area contributed by atoms with Crippen LogP contribution in [-0.4, -0.2) is 5.91 Å². The van der Waals surface area contributed by atoms with E-state index in [0.29, 0.717) is 6.54 Å². The highest BCUT2D eigenvalue weighted by Gasteiger charge is 1.95. The van der Waals surface area contributed by atoms with Crippen molar-refractivity contribution in [2.45, 2.75) is 13.0 Å². The monoisotopic (exact) mass is 190 g/mol. The summed E-state index contributed by atoms with van der Waals surface area (Å²) in [4.78, 5) is 10.5. The largest absolute Gasteiger partial charge is 0.369 e. The van der Waals surface area contributed by atoms with E-state index in [4.69, 9.17) is 11.5 Å². The van der Waals surface area contributed by atoms with Gasteiger partial charge in [-0.3, -0.25) is 4.79 Å². The number of amides is 1. The average molecular weight is 190 g/mol. The van der Waals surface area contributed by atoms with Crippen molar-refractivity contribution in [3.8, 4) is 0 Å². The van der Waals surface area contributed by atoms with Crippen molar-refractivity contribution in [3.05, 3.63) is 41.5 Å². The molecule has 0 atom stereocenters. The van der Waals surface area contributed by atoms with Crippen molar-refractivity contribution in [2.24, 2.45) is 11.5 Å². The Balaban J connectivity index is 2.75. The molecule has 0 bridgehead atoms. The maximum absolute atomic E-state index is 10.5. The highest BCUT2D eigenvalue weighted by atomic mass is 16.1. The fraction of sp³-hybridized carbons (Fsp3) is 0.182. The van der Waals surface area contributed by atoms with E-state index in [1.807, 2.05) is 30.3 Å². The topological polar surface area (TPSA) is 69.1 Å². The predicted molar refractivity (Wildman–Crippen MR) is 57.2 cm³/mol. The Morgan fingerprint density at radius 3 is 2.71 bits per heavy atom. The molecule has 0 aromatic heterocycles. The van der Waals surface area contributed by atoms with Crippen molar-refractivity contribution >= 4 is 12.0 Å². The minimum absolute atomic E-state index is 0.263. The van der Waals surface area contributed by atoms with E-state index in [1.165, 1.54) is 0 Å². The zero-order valence-electron chi connectivity index (χ0n) is 7.94. The molecule has 1 aromatic carbocycles. The molecule has 3 nitrogen and oxygen atoms in total. The minimum atomic E-state index is -0.327. The summed E-state index contributed by atoms with van der Waals surface area (Å²) in [7, 11) is 0. The molecule has 1 rings (SSSR count). The summed E-state index contributed by atoms with van der Waals surface area (Å²) in [6, 6.07) is 7.79. The van der Waals surface area contributed by atoms with Crippen LogP contribution in [0.15, 0.2) is 30.3 Å². The first kappa shape index (κ1) is 10.5. The van der Waals surface area contributed by atoms with Gasteiger partial charge >= 0.3 is 0 Å². The Labute approximate surface area is 83.4 Å². The molecule has 0 aliphatic heterocycles. The molecule has 14 heavy (non-hydrogen) atoms. The van der Waals surface area contributed by atoms with Crippen molar-refractivity contribution in [3.63, 3.8) is 0 Å². The number of carbonyl (C=O) groups is 1. The SMILES string of the molecule is NCc1ccccc1C=CCC(N)=O. The molecule has 0 spiro atoms. The Kier molecular flexibility index (Phi) is 3.88. The van der Waals surface area contributed by atoms with E-state index >= 15 is 0 Å². The van der Waals surface area contributed by atoms with Crippen LogP contribution in [0.1, 0.15) is 17.5 Å². The van der Waals surface area contributed by atoms with Gasteiger partial charge in [-0.2, -0.15) is 0 Å². The van der Waals surface area contributed by atoms with Crippen LogP contribution in [0, 0.1) is 0 Å². The van der Waals surface area contributed by atoms with Gasteiger partial charge < -0.3 is 11.5 Å². The second-order valence-corrected chi connectivity index (χ2v) is 2.98. The highest BCUT2D eigenvalue weighted by Crippen LogP contribution is 2.09. The lowest BCUT2D eigenvalue weighted by Gasteiger charge is -2.01. The molecule has 0 heterocycles. The Bertz CT molecular complexity index is 345. The number of hydrogen-bond donors (Lipinski definition) is 2. The van der Waals surface area contributed by atoms with Crippen LogP contribution >= 0.6 is 0 Å². The van der Waals surface area contributed by atoms with Gasteiger partial charge in [0.2, 0.25) is 5.91 Å². The molecular formula is C11H14N2O. The summed E-state index contributed by atoms with van der Waals surface area (Å²) < 4.78 is 0. The Morgan fingerprint density at radius 2 is 2.07 bits per heavy atom. The molecule has 74 valence electrons. The molecule has 0 aliphatic carbocycles. The summed E-state index contributed by atoms with van der Waals surface area (Å²) in [5.41, 5.74) is 12.7. The van der Waals surface area contributed by atoms with E-state index in [1.54, 1.807) is 6.08 Å². The first-order valence-electron chi connectivity index (χ1n) is 4.47. The minimum Gasteiger partial charge on any atom is -0.369 e. The van der Waals surface area contributed by atoms with Gasteiger partial charge in [-0.15, -0.1) is 0 Å². The van der Waals surface area contributed by atoms with Gasteiger partial charge in [0.25, 0.3) is 0 Å². The summed E-state index contributed by atoms with van der Waals surface area (Å²) in [6.45, 7) is 0.497. The number of primary amides is 1. The lowest BCUT2D eigenvalue weighted by atomic mass is 10.1. The molecule has 0 radical (unpaired) electrons. The number of benzene rings is 1. The summed E-state index contributed by atoms with van der Waals surface area (Å²) in [6.07, 6.45) is 3.88. The molecule has 1 amide bonds. The van der Waals surface area contributed by atoms with Crippen LogP contribution in [-0.2, 0) is 11.3 Å². The fourth-order valence-electron chi connectivity index (χ4n) is 1.18. The van der Waals surface area contributed by atoms with Crippen LogP contribution in [0.5, 0.6) is 0 Å². The van der Waals surface area contributed by atoms with Crippen LogP contribution in [0.3, 0.4) is 0 Å². The van der Waals surface area contributed by atoms with Gasteiger partial charge in [-0.05, 0) is 11.1 Å². The quantitative estimate of drug-likeness (QED) is 0.744. The summed E-state index contributed by atoms with van der Waals surface area (Å²) in [5, 5.41) is 0. The number of rotatable bonds is 4. The Hall–Kier alpha value is -1.61. The molecule has 3 heteroatoms. The maximum atomic E-state index is 10.5. The highest BCUT2D eigenvalue weighted by molar-refractivity contribution is 5.76. The normalized spacial score (nSPS) is 10.6. The summed E-state index contributed by atoms with van der Waals surface area (Å²) in [5.74, 6) is -0.327. The van der Waals surface area contributed by atoms with Crippen molar-refractivity contribution in [1.29, 1.82) is 0 Å². The van der Waals surface area contributed by atoms with Crippen LogP contribution < -0.4 is 11.5 Å². The zero-order valence-corrected chi connectivity index (χ0v) is 7.94. The first-order valence-corrected chi connectivity index (χ1v) is 4.47. The van der Waals surface area contributed by atoms with E-state index in [-0.39, 0.29) is 12.3 Å². The lowest BCUT2D eigenvalue weighted by molar-refractivity contribution is -0.117. The van der Waals surface area contributed by atoms with E-state index < -0.39 is 0 Å². The molecule has 0 fully saturated rings. The zero-order chi connectivity index (χ0) is 10.4. The third-order valence-electron chi connectivity index (χ3n) is 1.89. The second kappa shape index (κ2) is 5.19.